The van der Waals surface area contributed by atoms with E-state index in [0.29, 0.717) is 40.6 Å². The second-order valence-electron chi connectivity index (χ2n) is 8.26. The van der Waals surface area contributed by atoms with Gasteiger partial charge in [-0.3, -0.25) is 9.59 Å². The second kappa shape index (κ2) is 7.48. The maximum atomic E-state index is 12.8. The summed E-state index contributed by atoms with van der Waals surface area (Å²) in [5.74, 6) is -0.543. The van der Waals surface area contributed by atoms with Gasteiger partial charge in [0.25, 0.3) is 11.1 Å². The molecule has 0 amide bonds. The third-order valence-electron chi connectivity index (χ3n) is 6.40. The van der Waals surface area contributed by atoms with E-state index in [1.807, 2.05) is 24.3 Å². The Kier molecular flexibility index (Phi) is 4.41. The number of ether oxygens (including phenoxy) is 1. The van der Waals surface area contributed by atoms with Gasteiger partial charge in [-0.25, -0.2) is 4.79 Å². The number of aromatic carboxylic acids is 1. The van der Waals surface area contributed by atoms with Crippen LogP contribution in [0.2, 0.25) is 0 Å². The Balaban J connectivity index is 1.71. The number of hydrogen-bond acceptors (Lipinski definition) is 4. The fourth-order valence-electron chi connectivity index (χ4n) is 4.92. The number of aromatic amines is 2. The van der Waals surface area contributed by atoms with Gasteiger partial charge in [-0.2, -0.15) is 0 Å². The van der Waals surface area contributed by atoms with E-state index in [4.69, 9.17) is 4.74 Å². The summed E-state index contributed by atoms with van der Waals surface area (Å²) in [7, 11) is 0. The van der Waals surface area contributed by atoms with Gasteiger partial charge in [0.15, 0.2) is 0 Å². The molecule has 3 N–H and O–H groups in total. The van der Waals surface area contributed by atoms with Gasteiger partial charge in [-0.05, 0) is 40.8 Å². The molecule has 168 valence electrons. The van der Waals surface area contributed by atoms with Crippen molar-refractivity contribution in [1.29, 1.82) is 0 Å². The van der Waals surface area contributed by atoms with Crippen LogP contribution in [0.4, 0.5) is 0 Å². The molecule has 0 spiro atoms. The third-order valence-corrected chi connectivity index (χ3v) is 6.40. The average molecular weight is 453 g/mol. The van der Waals surface area contributed by atoms with Crippen molar-refractivity contribution in [3.8, 4) is 16.9 Å². The molecular weight excluding hydrogens is 434 g/mol. The minimum Gasteiger partial charge on any atom is -0.492 e. The third kappa shape index (κ3) is 2.88. The van der Waals surface area contributed by atoms with Crippen molar-refractivity contribution in [3.63, 3.8) is 0 Å². The van der Waals surface area contributed by atoms with Crippen molar-refractivity contribution in [3.05, 3.63) is 98.5 Å². The van der Waals surface area contributed by atoms with Crippen molar-refractivity contribution in [2.45, 2.75) is 13.0 Å². The summed E-state index contributed by atoms with van der Waals surface area (Å²) in [5, 5.41) is 12.2. The number of hydrogen-bond donors (Lipinski definition) is 3. The summed E-state index contributed by atoms with van der Waals surface area (Å²) < 4.78 is 7.61. The van der Waals surface area contributed by atoms with E-state index in [2.05, 4.69) is 9.97 Å². The molecule has 0 unspecified atom stereocenters. The van der Waals surface area contributed by atoms with Gasteiger partial charge in [0.2, 0.25) is 0 Å². The van der Waals surface area contributed by atoms with Crippen LogP contribution in [-0.2, 0) is 13.0 Å². The van der Waals surface area contributed by atoms with E-state index in [-0.39, 0.29) is 28.9 Å². The van der Waals surface area contributed by atoms with E-state index < -0.39 is 5.97 Å². The molecule has 0 saturated carbocycles. The van der Waals surface area contributed by atoms with Gasteiger partial charge in [-0.1, -0.05) is 24.3 Å². The minimum atomic E-state index is -1.16. The molecule has 3 aromatic heterocycles. The number of carbonyl (C=O) groups is 1. The largest absolute Gasteiger partial charge is 0.492 e. The Morgan fingerprint density at radius 2 is 1.82 bits per heavy atom. The zero-order valence-electron chi connectivity index (χ0n) is 17.9. The Morgan fingerprint density at radius 1 is 1.00 bits per heavy atom. The van der Waals surface area contributed by atoms with Gasteiger partial charge in [0.1, 0.15) is 11.4 Å². The fourth-order valence-corrected chi connectivity index (χ4v) is 4.92. The predicted molar refractivity (Wildman–Crippen MR) is 128 cm³/mol. The van der Waals surface area contributed by atoms with Crippen molar-refractivity contribution >= 4 is 27.6 Å². The number of carboxylic acids is 1. The molecule has 5 aromatic rings. The van der Waals surface area contributed by atoms with Gasteiger partial charge < -0.3 is 24.4 Å². The van der Waals surface area contributed by atoms with Crippen molar-refractivity contribution in [1.82, 2.24) is 14.5 Å². The summed E-state index contributed by atoms with van der Waals surface area (Å²) in [4.78, 5) is 43.2. The fraction of sp³-hybridized carbons (Fsp3) is 0.115. The quantitative estimate of drug-likeness (QED) is 0.385. The first-order valence-electron chi connectivity index (χ1n) is 10.9. The molecule has 8 nitrogen and oxygen atoms in total. The minimum absolute atomic E-state index is 0.00844. The molecular formula is C26H19N3O5. The van der Waals surface area contributed by atoms with Gasteiger partial charge >= 0.3 is 5.97 Å². The lowest BCUT2D eigenvalue weighted by Crippen LogP contribution is -2.15. The Hall–Kier alpha value is -4.59. The zero-order chi connectivity index (χ0) is 23.4. The number of carboxylic acid groups (broad SMARTS) is 1. The summed E-state index contributed by atoms with van der Waals surface area (Å²) in [6, 6.07) is 14.3. The topological polar surface area (TPSA) is 117 Å². The Labute approximate surface area is 192 Å². The van der Waals surface area contributed by atoms with Crippen molar-refractivity contribution in [2.24, 2.45) is 0 Å². The Morgan fingerprint density at radius 3 is 2.62 bits per heavy atom. The molecule has 1 aliphatic heterocycles. The maximum absolute atomic E-state index is 12.8. The first-order valence-corrected chi connectivity index (χ1v) is 10.9. The molecule has 6 rings (SSSR count). The number of nitrogens with zero attached hydrogens (tertiary/aromatic N) is 1. The van der Waals surface area contributed by atoms with E-state index in [1.54, 1.807) is 35.0 Å². The number of H-pyrrole nitrogens is 2. The van der Waals surface area contributed by atoms with E-state index in [9.17, 15) is 19.5 Å². The summed E-state index contributed by atoms with van der Waals surface area (Å²) >= 11 is 0. The van der Waals surface area contributed by atoms with Crippen LogP contribution < -0.4 is 15.9 Å². The zero-order valence-corrected chi connectivity index (χ0v) is 17.9. The number of pyridine rings is 2. The molecule has 34 heavy (non-hydrogen) atoms. The van der Waals surface area contributed by atoms with Gasteiger partial charge in [-0.15, -0.1) is 0 Å². The van der Waals surface area contributed by atoms with Crippen LogP contribution in [0.5, 0.6) is 5.75 Å². The molecule has 0 radical (unpaired) electrons. The van der Waals surface area contributed by atoms with E-state index >= 15 is 0 Å². The highest BCUT2D eigenvalue weighted by molar-refractivity contribution is 6.11. The molecule has 0 bridgehead atoms. The standard InChI is InChI=1S/C26H19N3O5/c30-24-17-5-2-1-4-16(17)15(12-28-24)13-29-19-8-7-14-9-11-34-23(14)21(19)20(22(29)26(32)33)18-6-3-10-27-25(18)31/h1-8,10,12H,9,11,13H2,(H,27,31)(H,28,30)(H,32,33). The average Bonchev–Trinajstić information content (AvgIpc) is 3.44. The monoisotopic (exact) mass is 453 g/mol. The van der Waals surface area contributed by atoms with Gasteiger partial charge in [0.05, 0.1) is 29.6 Å². The first-order chi connectivity index (χ1) is 16.5. The molecule has 4 heterocycles. The molecule has 0 aliphatic carbocycles. The van der Waals surface area contributed by atoms with Crippen LogP contribution >= 0.6 is 0 Å². The van der Waals surface area contributed by atoms with Crippen LogP contribution in [0.3, 0.4) is 0 Å². The van der Waals surface area contributed by atoms with Crippen molar-refractivity contribution in [2.75, 3.05) is 6.61 Å². The summed E-state index contributed by atoms with van der Waals surface area (Å²) in [6.45, 7) is 0.677. The molecule has 0 saturated heterocycles. The van der Waals surface area contributed by atoms with Gasteiger partial charge in [0, 0.05) is 29.8 Å². The number of nitrogens with one attached hydrogen (secondary N) is 2. The SMILES string of the molecule is O=C(O)c1c(-c2ccc[nH]c2=O)c2c3c(ccc2n1Cc1c[nH]c(=O)c2ccccc12)CCO3. The number of aromatic nitrogens is 3. The number of rotatable bonds is 4. The summed E-state index contributed by atoms with van der Waals surface area (Å²) in [5.41, 5.74) is 2.37. The highest BCUT2D eigenvalue weighted by Crippen LogP contribution is 2.43. The lowest BCUT2D eigenvalue weighted by atomic mass is 10.0. The molecule has 0 fully saturated rings. The lowest BCUT2D eigenvalue weighted by molar-refractivity contribution is 0.0687. The van der Waals surface area contributed by atoms with E-state index in [1.165, 1.54) is 6.20 Å². The van der Waals surface area contributed by atoms with Crippen LogP contribution in [0, 0.1) is 0 Å². The first kappa shape index (κ1) is 20.0. The van der Waals surface area contributed by atoms with E-state index in [0.717, 1.165) is 16.5 Å². The van der Waals surface area contributed by atoms with Crippen molar-refractivity contribution < 1.29 is 14.6 Å². The van der Waals surface area contributed by atoms with Crippen LogP contribution in [0.25, 0.3) is 32.8 Å². The smallest absolute Gasteiger partial charge is 0.353 e. The second-order valence-corrected chi connectivity index (χ2v) is 8.26. The van der Waals surface area contributed by atoms with Crippen LogP contribution in [0.15, 0.2) is 70.5 Å². The predicted octanol–water partition coefficient (Wildman–Crippen LogP) is 3.52. The number of fused-ring (bicyclic) bond motifs is 4. The molecule has 2 aromatic carbocycles. The summed E-state index contributed by atoms with van der Waals surface area (Å²) in [6.07, 6.45) is 3.84. The lowest BCUT2D eigenvalue weighted by Gasteiger charge is -2.12. The molecule has 1 aliphatic rings. The highest BCUT2D eigenvalue weighted by atomic mass is 16.5. The normalized spacial score (nSPS) is 12.7. The van der Waals surface area contributed by atoms with Crippen LogP contribution in [0.1, 0.15) is 21.6 Å². The molecule has 0 atom stereocenters. The maximum Gasteiger partial charge on any atom is 0.353 e. The molecule has 8 heteroatoms. The Bertz CT molecular complexity index is 1740. The number of benzene rings is 2. The van der Waals surface area contributed by atoms with Crippen LogP contribution in [-0.4, -0.2) is 32.2 Å². The highest BCUT2D eigenvalue weighted by Gasteiger charge is 2.30.